The number of rotatable bonds is 5. The highest BCUT2D eigenvalue weighted by atomic mass is 14.9. The lowest BCUT2D eigenvalue weighted by Gasteiger charge is -2.05. The van der Waals surface area contributed by atoms with Crippen LogP contribution in [0.25, 0.3) is 0 Å². The monoisotopic (exact) mass is 151 g/mol. The first-order valence-electron chi connectivity index (χ1n) is 4.01. The second-order valence-electron chi connectivity index (χ2n) is 2.34. The number of allylic oxidation sites excluding steroid dienone is 2. The van der Waals surface area contributed by atoms with Crippen LogP contribution >= 0.6 is 0 Å². The maximum Gasteiger partial charge on any atom is 0.0334 e. The minimum atomic E-state index is 0.901. The third kappa shape index (κ3) is 4.43. The van der Waals surface area contributed by atoms with Gasteiger partial charge in [0.2, 0.25) is 0 Å². The molecular weight excluding hydrogens is 134 g/mol. The first-order valence-corrected chi connectivity index (χ1v) is 4.01. The summed E-state index contributed by atoms with van der Waals surface area (Å²) in [5.41, 5.74) is 1.88. The van der Waals surface area contributed by atoms with Gasteiger partial charge in [0, 0.05) is 12.2 Å². The van der Waals surface area contributed by atoms with Crippen molar-refractivity contribution in [3.8, 4) is 0 Å². The molecule has 0 atom stereocenters. The molecule has 0 saturated carbocycles. The smallest absolute Gasteiger partial charge is 0.0334 e. The van der Waals surface area contributed by atoms with E-state index in [-0.39, 0.29) is 0 Å². The van der Waals surface area contributed by atoms with Gasteiger partial charge < -0.3 is 5.32 Å². The zero-order valence-electron chi connectivity index (χ0n) is 7.48. The molecule has 0 rings (SSSR count). The van der Waals surface area contributed by atoms with E-state index in [1.54, 1.807) is 0 Å². The van der Waals surface area contributed by atoms with Gasteiger partial charge in [0.05, 0.1) is 0 Å². The van der Waals surface area contributed by atoms with E-state index in [9.17, 15) is 0 Å². The van der Waals surface area contributed by atoms with Crippen molar-refractivity contribution in [3.05, 3.63) is 36.6 Å². The molecule has 0 aliphatic carbocycles. The van der Waals surface area contributed by atoms with E-state index in [0.717, 1.165) is 24.2 Å². The van der Waals surface area contributed by atoms with Crippen LogP contribution in [-0.4, -0.2) is 6.54 Å². The second-order valence-corrected chi connectivity index (χ2v) is 2.34. The quantitative estimate of drug-likeness (QED) is 0.596. The average Bonchev–Trinajstić information content (AvgIpc) is 2.00. The Kier molecular flexibility index (Phi) is 5.26. The van der Waals surface area contributed by atoms with Crippen LogP contribution in [0.4, 0.5) is 0 Å². The third-order valence-corrected chi connectivity index (χ3v) is 1.33. The summed E-state index contributed by atoms with van der Waals surface area (Å²) in [7, 11) is 0. The Bertz CT molecular complexity index is 166. The zero-order valence-corrected chi connectivity index (χ0v) is 7.48. The molecule has 11 heavy (non-hydrogen) atoms. The Morgan fingerprint density at radius 3 is 2.45 bits per heavy atom. The Hall–Kier alpha value is -0.980. The van der Waals surface area contributed by atoms with Crippen LogP contribution in [0.1, 0.15) is 20.3 Å². The molecule has 0 aliphatic heterocycles. The van der Waals surface area contributed by atoms with E-state index in [0.29, 0.717) is 0 Å². The van der Waals surface area contributed by atoms with Gasteiger partial charge in [-0.15, -0.1) is 0 Å². The molecule has 0 aliphatic rings. The normalized spacial score (nSPS) is 10.0. The molecule has 0 fully saturated rings. The highest BCUT2D eigenvalue weighted by Gasteiger charge is 1.91. The van der Waals surface area contributed by atoms with Crippen molar-refractivity contribution >= 4 is 0 Å². The van der Waals surface area contributed by atoms with Crippen molar-refractivity contribution in [1.82, 2.24) is 5.32 Å². The Balaban J connectivity index is 3.83. The Morgan fingerprint density at radius 2 is 2.00 bits per heavy atom. The molecule has 0 amide bonds. The highest BCUT2D eigenvalue weighted by molar-refractivity contribution is 5.33. The van der Waals surface area contributed by atoms with E-state index >= 15 is 0 Å². The lowest BCUT2D eigenvalue weighted by atomic mass is 10.2. The van der Waals surface area contributed by atoms with Gasteiger partial charge in [0.25, 0.3) is 0 Å². The number of hydrogen-bond donors (Lipinski definition) is 1. The van der Waals surface area contributed by atoms with Gasteiger partial charge in [-0.05, 0) is 18.9 Å². The summed E-state index contributed by atoms with van der Waals surface area (Å²) in [6.07, 6.45) is 5.11. The summed E-state index contributed by atoms with van der Waals surface area (Å²) < 4.78 is 0. The van der Waals surface area contributed by atoms with Crippen LogP contribution in [-0.2, 0) is 0 Å². The van der Waals surface area contributed by atoms with Crippen molar-refractivity contribution in [1.29, 1.82) is 0 Å². The molecule has 0 aromatic heterocycles. The number of nitrogens with one attached hydrogen (secondary N) is 1. The standard InChI is InChI=1S/C10H17N/c1-5-7-8-9(3)10(4)11-6-2/h7-8,11H,3-6H2,1-2H3/b8-7-. The highest BCUT2D eigenvalue weighted by Crippen LogP contribution is 2.02. The van der Waals surface area contributed by atoms with Gasteiger partial charge >= 0.3 is 0 Å². The number of hydrogen-bond acceptors (Lipinski definition) is 1. The fourth-order valence-electron chi connectivity index (χ4n) is 0.688. The molecule has 62 valence electrons. The van der Waals surface area contributed by atoms with Crippen LogP contribution in [0.3, 0.4) is 0 Å². The molecule has 0 unspecified atom stereocenters. The van der Waals surface area contributed by atoms with E-state index in [1.165, 1.54) is 0 Å². The van der Waals surface area contributed by atoms with Crippen LogP contribution in [0.5, 0.6) is 0 Å². The maximum atomic E-state index is 3.86. The van der Waals surface area contributed by atoms with E-state index in [1.807, 2.05) is 13.0 Å². The molecule has 0 heterocycles. The Labute approximate surface area is 69.5 Å². The van der Waals surface area contributed by atoms with Gasteiger partial charge in [-0.3, -0.25) is 0 Å². The molecule has 0 aromatic carbocycles. The molecule has 0 bridgehead atoms. The van der Waals surface area contributed by atoms with E-state index < -0.39 is 0 Å². The van der Waals surface area contributed by atoms with Crippen molar-refractivity contribution in [2.24, 2.45) is 0 Å². The van der Waals surface area contributed by atoms with Crippen LogP contribution in [0.2, 0.25) is 0 Å². The fraction of sp³-hybridized carbons (Fsp3) is 0.400. The topological polar surface area (TPSA) is 12.0 Å². The Morgan fingerprint density at radius 1 is 1.36 bits per heavy atom. The number of likely N-dealkylation sites (N-methyl/N-ethyl adjacent to an activating group) is 1. The minimum absolute atomic E-state index is 0.901. The molecular formula is C10H17N. The summed E-state index contributed by atoms with van der Waals surface area (Å²) in [6, 6.07) is 0. The predicted octanol–water partition coefficient (Wildman–Crippen LogP) is 2.63. The third-order valence-electron chi connectivity index (χ3n) is 1.33. The zero-order chi connectivity index (χ0) is 8.69. The SMILES string of the molecule is C=C(/C=C\CC)C(=C)NCC. The molecule has 1 N–H and O–H groups in total. The first kappa shape index (κ1) is 10.0. The summed E-state index contributed by atoms with van der Waals surface area (Å²) in [5, 5.41) is 3.11. The molecule has 0 radical (unpaired) electrons. The van der Waals surface area contributed by atoms with E-state index in [4.69, 9.17) is 0 Å². The van der Waals surface area contributed by atoms with Crippen LogP contribution in [0.15, 0.2) is 36.6 Å². The first-order chi connectivity index (χ1) is 5.22. The van der Waals surface area contributed by atoms with Gasteiger partial charge in [-0.25, -0.2) is 0 Å². The van der Waals surface area contributed by atoms with Gasteiger partial charge in [-0.1, -0.05) is 32.2 Å². The molecule has 1 nitrogen and oxygen atoms in total. The van der Waals surface area contributed by atoms with Crippen molar-refractivity contribution in [3.63, 3.8) is 0 Å². The molecule has 0 aromatic rings. The van der Waals surface area contributed by atoms with Crippen molar-refractivity contribution < 1.29 is 0 Å². The van der Waals surface area contributed by atoms with Gasteiger partial charge in [0.15, 0.2) is 0 Å². The van der Waals surface area contributed by atoms with E-state index in [2.05, 4.69) is 31.5 Å². The minimum Gasteiger partial charge on any atom is -0.385 e. The summed E-state index contributed by atoms with van der Waals surface area (Å²) in [5.74, 6) is 0. The van der Waals surface area contributed by atoms with Gasteiger partial charge in [-0.2, -0.15) is 0 Å². The van der Waals surface area contributed by atoms with Crippen molar-refractivity contribution in [2.45, 2.75) is 20.3 Å². The van der Waals surface area contributed by atoms with Gasteiger partial charge in [0.1, 0.15) is 0 Å². The lowest BCUT2D eigenvalue weighted by molar-refractivity contribution is 0.873. The summed E-state index contributed by atoms with van der Waals surface area (Å²) in [6.45, 7) is 12.7. The maximum absolute atomic E-state index is 3.86. The molecule has 0 spiro atoms. The fourth-order valence-corrected chi connectivity index (χ4v) is 0.688. The predicted molar refractivity (Wildman–Crippen MR) is 51.4 cm³/mol. The molecule has 1 heteroatoms. The van der Waals surface area contributed by atoms with Crippen molar-refractivity contribution in [2.75, 3.05) is 6.54 Å². The largest absolute Gasteiger partial charge is 0.385 e. The summed E-state index contributed by atoms with van der Waals surface area (Å²) in [4.78, 5) is 0. The summed E-state index contributed by atoms with van der Waals surface area (Å²) >= 11 is 0. The lowest BCUT2D eigenvalue weighted by Crippen LogP contribution is -2.11. The second kappa shape index (κ2) is 5.78. The van der Waals surface area contributed by atoms with Crippen LogP contribution < -0.4 is 5.32 Å². The van der Waals surface area contributed by atoms with Crippen LogP contribution in [0, 0.1) is 0 Å². The molecule has 0 saturated heterocycles. The average molecular weight is 151 g/mol.